The van der Waals surface area contributed by atoms with Crippen molar-refractivity contribution in [3.8, 4) is 5.75 Å². The first kappa shape index (κ1) is 22.5. The van der Waals surface area contributed by atoms with Crippen LogP contribution in [0, 0.1) is 13.8 Å². The first-order chi connectivity index (χ1) is 14.4. The summed E-state index contributed by atoms with van der Waals surface area (Å²) in [6.45, 7) is 6.80. The van der Waals surface area contributed by atoms with E-state index in [0.717, 1.165) is 16.9 Å². The van der Waals surface area contributed by atoms with Gasteiger partial charge in [0.1, 0.15) is 12.4 Å². The zero-order chi connectivity index (χ0) is 21.7. The van der Waals surface area contributed by atoms with Crippen LogP contribution in [0.4, 0.5) is 5.69 Å². The van der Waals surface area contributed by atoms with Gasteiger partial charge in [-0.15, -0.1) is 10.2 Å². The monoisotopic (exact) mass is 464 g/mol. The van der Waals surface area contributed by atoms with Crippen molar-refractivity contribution in [3.63, 3.8) is 0 Å². The van der Waals surface area contributed by atoms with E-state index in [1.807, 2.05) is 43.5 Å². The van der Waals surface area contributed by atoms with Crippen LogP contribution in [0.3, 0.4) is 0 Å². The van der Waals surface area contributed by atoms with Gasteiger partial charge in [0, 0.05) is 22.3 Å². The van der Waals surface area contributed by atoms with Crippen molar-refractivity contribution < 1.29 is 9.53 Å². The highest BCUT2D eigenvalue weighted by atomic mass is 35.5. The van der Waals surface area contributed by atoms with Crippen LogP contribution in [-0.2, 0) is 17.9 Å². The number of hydrogen-bond donors (Lipinski definition) is 1. The number of thioether (sulfide) groups is 1. The van der Waals surface area contributed by atoms with Gasteiger partial charge < -0.3 is 14.6 Å². The molecule has 0 aliphatic heterocycles. The topological polar surface area (TPSA) is 69.0 Å². The predicted molar refractivity (Wildman–Crippen MR) is 122 cm³/mol. The van der Waals surface area contributed by atoms with Crippen LogP contribution < -0.4 is 10.1 Å². The quantitative estimate of drug-likeness (QED) is 0.443. The average molecular weight is 465 g/mol. The maximum Gasteiger partial charge on any atom is 0.234 e. The lowest BCUT2D eigenvalue weighted by molar-refractivity contribution is -0.113. The third kappa shape index (κ3) is 5.68. The van der Waals surface area contributed by atoms with Crippen molar-refractivity contribution in [2.75, 3.05) is 11.1 Å². The molecule has 9 heteroatoms. The molecule has 1 heterocycles. The zero-order valence-electron chi connectivity index (χ0n) is 16.9. The second kappa shape index (κ2) is 10.2. The molecular weight excluding hydrogens is 443 g/mol. The number of carbonyl (C=O) groups excluding carboxylic acids is 1. The minimum atomic E-state index is -0.134. The summed E-state index contributed by atoms with van der Waals surface area (Å²) in [5.41, 5.74) is 2.61. The van der Waals surface area contributed by atoms with Gasteiger partial charge in [-0.1, -0.05) is 41.0 Å². The molecule has 2 aromatic carbocycles. The fourth-order valence-electron chi connectivity index (χ4n) is 2.81. The van der Waals surface area contributed by atoms with E-state index in [0.29, 0.717) is 33.3 Å². The SMILES string of the molecule is CCn1c(COc2ccc(Cl)cc2C)nnc1SCC(=O)Nc1cc(Cl)ccc1C. The Labute approximate surface area is 189 Å². The molecular formula is C21H22Cl2N4O2S. The van der Waals surface area contributed by atoms with E-state index in [1.165, 1.54) is 11.8 Å². The number of anilines is 1. The fourth-order valence-corrected chi connectivity index (χ4v) is 4.03. The number of ether oxygens (including phenoxy) is 1. The highest BCUT2D eigenvalue weighted by Crippen LogP contribution is 2.24. The lowest BCUT2D eigenvalue weighted by atomic mass is 10.2. The van der Waals surface area contributed by atoms with E-state index in [4.69, 9.17) is 27.9 Å². The molecule has 1 N–H and O–H groups in total. The number of rotatable bonds is 8. The highest BCUT2D eigenvalue weighted by Gasteiger charge is 2.15. The number of carbonyl (C=O) groups is 1. The smallest absolute Gasteiger partial charge is 0.234 e. The van der Waals surface area contributed by atoms with E-state index >= 15 is 0 Å². The molecule has 30 heavy (non-hydrogen) atoms. The molecule has 1 amide bonds. The standard InChI is InChI=1S/C21H22Cl2N4O2S/c1-4-27-19(11-29-18-8-7-15(22)9-14(18)3)25-26-21(27)30-12-20(28)24-17-10-16(23)6-5-13(17)2/h5-10H,4,11-12H2,1-3H3,(H,24,28). The van der Waals surface area contributed by atoms with Crippen LogP contribution >= 0.6 is 35.0 Å². The third-order valence-corrected chi connectivity index (χ3v) is 5.85. The molecule has 0 aliphatic rings. The van der Waals surface area contributed by atoms with Gasteiger partial charge in [0.15, 0.2) is 11.0 Å². The van der Waals surface area contributed by atoms with E-state index in [-0.39, 0.29) is 18.3 Å². The molecule has 3 rings (SSSR count). The van der Waals surface area contributed by atoms with Crippen LogP contribution in [0.2, 0.25) is 10.0 Å². The number of amides is 1. The molecule has 0 fully saturated rings. The summed E-state index contributed by atoms with van der Waals surface area (Å²) >= 11 is 13.3. The third-order valence-electron chi connectivity index (χ3n) is 4.41. The number of benzene rings is 2. The molecule has 3 aromatic rings. The van der Waals surface area contributed by atoms with Gasteiger partial charge >= 0.3 is 0 Å². The molecule has 0 aliphatic carbocycles. The predicted octanol–water partition coefficient (Wildman–Crippen LogP) is 5.53. The Bertz CT molecular complexity index is 1060. The molecule has 0 radical (unpaired) electrons. The Balaban J connectivity index is 1.61. The van der Waals surface area contributed by atoms with Gasteiger partial charge in [-0.2, -0.15) is 0 Å². The second-order valence-corrected chi connectivity index (χ2v) is 8.45. The van der Waals surface area contributed by atoms with Crippen LogP contribution in [0.1, 0.15) is 23.9 Å². The van der Waals surface area contributed by atoms with Gasteiger partial charge in [-0.05, 0) is 62.2 Å². The maximum absolute atomic E-state index is 12.4. The van der Waals surface area contributed by atoms with Crippen molar-refractivity contribution in [2.45, 2.75) is 39.1 Å². The molecule has 158 valence electrons. The summed E-state index contributed by atoms with van der Waals surface area (Å²) < 4.78 is 7.82. The van der Waals surface area contributed by atoms with Crippen molar-refractivity contribution >= 4 is 46.6 Å². The molecule has 0 saturated heterocycles. The molecule has 1 aromatic heterocycles. The first-order valence-electron chi connectivity index (χ1n) is 9.37. The minimum Gasteiger partial charge on any atom is -0.485 e. The molecule has 0 spiro atoms. The molecule has 0 atom stereocenters. The van der Waals surface area contributed by atoms with Gasteiger partial charge in [-0.3, -0.25) is 4.79 Å². The van der Waals surface area contributed by atoms with Gasteiger partial charge in [0.05, 0.1) is 5.75 Å². The highest BCUT2D eigenvalue weighted by molar-refractivity contribution is 7.99. The first-order valence-corrected chi connectivity index (χ1v) is 11.1. The largest absolute Gasteiger partial charge is 0.485 e. The number of aryl methyl sites for hydroxylation is 2. The summed E-state index contributed by atoms with van der Waals surface area (Å²) in [6, 6.07) is 10.9. The number of hydrogen-bond acceptors (Lipinski definition) is 5. The Kier molecular flexibility index (Phi) is 7.64. The van der Waals surface area contributed by atoms with E-state index in [2.05, 4.69) is 15.5 Å². The van der Waals surface area contributed by atoms with E-state index in [9.17, 15) is 4.79 Å². The number of nitrogens with one attached hydrogen (secondary N) is 1. The summed E-state index contributed by atoms with van der Waals surface area (Å²) in [5, 5.41) is 13.2. The Morgan fingerprint density at radius 2 is 1.83 bits per heavy atom. The summed E-state index contributed by atoms with van der Waals surface area (Å²) in [4.78, 5) is 12.4. The lowest BCUT2D eigenvalue weighted by Crippen LogP contribution is -2.15. The fraction of sp³-hybridized carbons (Fsp3) is 0.286. The molecule has 0 unspecified atom stereocenters. The van der Waals surface area contributed by atoms with Gasteiger partial charge in [-0.25, -0.2) is 0 Å². The van der Waals surface area contributed by atoms with Crippen LogP contribution in [0.15, 0.2) is 41.6 Å². The number of halogens is 2. The van der Waals surface area contributed by atoms with Crippen LogP contribution in [0.25, 0.3) is 0 Å². The average Bonchev–Trinajstić information content (AvgIpc) is 3.10. The van der Waals surface area contributed by atoms with Crippen molar-refractivity contribution in [1.82, 2.24) is 14.8 Å². The van der Waals surface area contributed by atoms with Gasteiger partial charge in [0.2, 0.25) is 5.91 Å². The minimum absolute atomic E-state index is 0.134. The molecule has 0 bridgehead atoms. The number of aromatic nitrogens is 3. The molecule has 6 nitrogen and oxygen atoms in total. The molecule has 0 saturated carbocycles. The Morgan fingerprint density at radius 3 is 2.57 bits per heavy atom. The zero-order valence-corrected chi connectivity index (χ0v) is 19.2. The Morgan fingerprint density at radius 1 is 1.10 bits per heavy atom. The maximum atomic E-state index is 12.4. The normalized spacial score (nSPS) is 10.8. The Hall–Kier alpha value is -2.22. The summed E-state index contributed by atoms with van der Waals surface area (Å²) in [7, 11) is 0. The number of nitrogens with zero attached hydrogens (tertiary/aromatic N) is 3. The van der Waals surface area contributed by atoms with Gasteiger partial charge in [0.25, 0.3) is 0 Å². The van der Waals surface area contributed by atoms with Crippen LogP contribution in [-0.4, -0.2) is 26.4 Å². The lowest BCUT2D eigenvalue weighted by Gasteiger charge is -2.11. The summed E-state index contributed by atoms with van der Waals surface area (Å²) in [6.07, 6.45) is 0. The van der Waals surface area contributed by atoms with Crippen LogP contribution in [0.5, 0.6) is 5.75 Å². The van der Waals surface area contributed by atoms with Crippen molar-refractivity contribution in [3.05, 3.63) is 63.4 Å². The van der Waals surface area contributed by atoms with Crippen molar-refractivity contribution in [1.29, 1.82) is 0 Å². The van der Waals surface area contributed by atoms with E-state index < -0.39 is 0 Å². The van der Waals surface area contributed by atoms with E-state index in [1.54, 1.807) is 18.2 Å². The summed E-state index contributed by atoms with van der Waals surface area (Å²) in [5.74, 6) is 1.52. The van der Waals surface area contributed by atoms with Crippen molar-refractivity contribution in [2.24, 2.45) is 0 Å². The second-order valence-electron chi connectivity index (χ2n) is 6.64.